The molecule has 6 nitrogen and oxygen atoms in total. The summed E-state index contributed by atoms with van der Waals surface area (Å²) >= 11 is 6.08. The van der Waals surface area contributed by atoms with Crippen LogP contribution in [0.4, 0.5) is 17.5 Å². The minimum atomic E-state index is -0.987. The van der Waals surface area contributed by atoms with Gasteiger partial charge in [-0.25, -0.2) is 4.98 Å². The first-order valence-corrected chi connectivity index (χ1v) is 8.32. The average molecular weight is 369 g/mol. The molecule has 0 atom stereocenters. The zero-order chi connectivity index (χ0) is 18.5. The molecule has 1 heterocycles. The lowest BCUT2D eigenvalue weighted by Crippen LogP contribution is -2.15. The fourth-order valence-corrected chi connectivity index (χ4v) is 2.54. The van der Waals surface area contributed by atoms with Gasteiger partial charge in [-0.2, -0.15) is 4.98 Å². The number of halogens is 1. The van der Waals surface area contributed by atoms with Gasteiger partial charge in [-0.15, -0.1) is 0 Å². The van der Waals surface area contributed by atoms with E-state index in [1.54, 1.807) is 0 Å². The summed E-state index contributed by atoms with van der Waals surface area (Å²) in [5.74, 6) is -0.216. The van der Waals surface area contributed by atoms with E-state index in [0.29, 0.717) is 16.5 Å². The molecular formula is C19H17ClN4O2. The van der Waals surface area contributed by atoms with Crippen LogP contribution in [0.1, 0.15) is 5.56 Å². The van der Waals surface area contributed by atoms with Gasteiger partial charge in [0, 0.05) is 22.3 Å². The van der Waals surface area contributed by atoms with Gasteiger partial charge in [0.15, 0.2) is 0 Å². The molecule has 132 valence electrons. The number of carboxylic acid groups (broad SMARTS) is 1. The predicted molar refractivity (Wildman–Crippen MR) is 103 cm³/mol. The van der Waals surface area contributed by atoms with Crippen LogP contribution in [0.2, 0.25) is 5.02 Å². The summed E-state index contributed by atoms with van der Waals surface area (Å²) in [5, 5.41) is 15.4. The summed E-state index contributed by atoms with van der Waals surface area (Å²) in [4.78, 5) is 19.6. The lowest BCUT2D eigenvalue weighted by Gasteiger charge is -2.12. The molecule has 0 aliphatic rings. The van der Waals surface area contributed by atoms with Crippen LogP contribution in [0.3, 0.4) is 0 Å². The van der Waals surface area contributed by atoms with E-state index in [2.05, 4.69) is 20.6 Å². The molecule has 7 heteroatoms. The minimum Gasteiger partial charge on any atom is -0.480 e. The highest BCUT2D eigenvalue weighted by Gasteiger charge is 2.09. The summed E-state index contributed by atoms with van der Waals surface area (Å²) in [5.41, 5.74) is 3.41. The quantitative estimate of drug-likeness (QED) is 0.599. The molecule has 26 heavy (non-hydrogen) atoms. The van der Waals surface area contributed by atoms with E-state index in [4.69, 9.17) is 16.7 Å². The maximum absolute atomic E-state index is 10.8. The van der Waals surface area contributed by atoms with E-state index < -0.39 is 5.97 Å². The Hall–Kier alpha value is -3.12. The van der Waals surface area contributed by atoms with E-state index in [9.17, 15) is 4.79 Å². The van der Waals surface area contributed by atoms with Gasteiger partial charge >= 0.3 is 5.97 Å². The van der Waals surface area contributed by atoms with Crippen molar-refractivity contribution in [3.63, 3.8) is 0 Å². The molecule has 0 saturated heterocycles. The highest BCUT2D eigenvalue weighted by Crippen LogP contribution is 2.26. The van der Waals surface area contributed by atoms with Crippen molar-refractivity contribution in [3.8, 4) is 11.3 Å². The number of hydrogen-bond acceptors (Lipinski definition) is 5. The normalized spacial score (nSPS) is 10.4. The third kappa shape index (κ3) is 4.49. The van der Waals surface area contributed by atoms with Crippen molar-refractivity contribution >= 4 is 35.0 Å². The smallest absolute Gasteiger partial charge is 0.322 e. The number of nitrogens with zero attached hydrogens (tertiary/aromatic N) is 2. The van der Waals surface area contributed by atoms with E-state index in [1.165, 1.54) is 0 Å². The lowest BCUT2D eigenvalue weighted by molar-refractivity contribution is -0.134. The van der Waals surface area contributed by atoms with Gasteiger partial charge in [0.2, 0.25) is 5.95 Å². The molecule has 0 saturated carbocycles. The number of aliphatic carboxylic acids is 1. The second kappa shape index (κ2) is 7.84. The fourth-order valence-electron chi connectivity index (χ4n) is 2.37. The third-order valence-corrected chi connectivity index (χ3v) is 3.89. The topological polar surface area (TPSA) is 87.1 Å². The monoisotopic (exact) mass is 368 g/mol. The molecule has 3 N–H and O–H groups in total. The first-order chi connectivity index (χ1) is 12.5. The van der Waals surface area contributed by atoms with Crippen LogP contribution in [0.15, 0.2) is 54.6 Å². The number of hydrogen-bond donors (Lipinski definition) is 3. The second-order valence-corrected chi connectivity index (χ2v) is 6.10. The third-order valence-electron chi connectivity index (χ3n) is 3.66. The Labute approximate surface area is 155 Å². The number of carboxylic acids is 1. The first-order valence-electron chi connectivity index (χ1n) is 7.94. The molecule has 0 spiro atoms. The summed E-state index contributed by atoms with van der Waals surface area (Å²) in [6.45, 7) is 1.69. The molecule has 0 unspecified atom stereocenters. The van der Waals surface area contributed by atoms with E-state index in [0.717, 1.165) is 16.8 Å². The number of benzene rings is 2. The number of nitrogens with one attached hydrogen (secondary N) is 2. The van der Waals surface area contributed by atoms with Gasteiger partial charge in [-0.1, -0.05) is 48.0 Å². The van der Waals surface area contributed by atoms with Gasteiger partial charge in [-0.05, 0) is 24.6 Å². The van der Waals surface area contributed by atoms with Crippen molar-refractivity contribution in [1.82, 2.24) is 9.97 Å². The molecule has 0 bridgehead atoms. The minimum absolute atomic E-state index is 0.232. The SMILES string of the molecule is Cc1ccc(Cl)cc1Nc1cc(-c2ccccc2)nc(NCC(=O)O)n1. The molecule has 3 aromatic rings. The highest BCUT2D eigenvalue weighted by molar-refractivity contribution is 6.30. The molecule has 0 radical (unpaired) electrons. The largest absolute Gasteiger partial charge is 0.480 e. The fraction of sp³-hybridized carbons (Fsp3) is 0.105. The van der Waals surface area contributed by atoms with Gasteiger partial charge in [0.25, 0.3) is 0 Å². The Morgan fingerprint density at radius 1 is 1.12 bits per heavy atom. The van der Waals surface area contributed by atoms with Crippen molar-refractivity contribution in [2.75, 3.05) is 17.2 Å². The van der Waals surface area contributed by atoms with Crippen LogP contribution in [0.25, 0.3) is 11.3 Å². The number of aryl methyl sites for hydroxylation is 1. The number of carbonyl (C=O) groups is 1. The Morgan fingerprint density at radius 2 is 1.88 bits per heavy atom. The van der Waals surface area contributed by atoms with Crippen molar-refractivity contribution in [2.24, 2.45) is 0 Å². The van der Waals surface area contributed by atoms with Crippen LogP contribution in [-0.4, -0.2) is 27.6 Å². The molecule has 0 aliphatic heterocycles. The zero-order valence-electron chi connectivity index (χ0n) is 14.0. The van der Waals surface area contributed by atoms with Crippen LogP contribution >= 0.6 is 11.6 Å². The molecular weight excluding hydrogens is 352 g/mol. The predicted octanol–water partition coefficient (Wildman–Crippen LogP) is 4.35. The lowest BCUT2D eigenvalue weighted by atomic mass is 10.1. The van der Waals surface area contributed by atoms with Gasteiger partial charge in [0.1, 0.15) is 12.4 Å². The van der Waals surface area contributed by atoms with Crippen LogP contribution in [0.5, 0.6) is 0 Å². The average Bonchev–Trinajstić information content (AvgIpc) is 2.63. The van der Waals surface area contributed by atoms with Crippen LogP contribution < -0.4 is 10.6 Å². The summed E-state index contributed by atoms with van der Waals surface area (Å²) in [6, 6.07) is 16.9. The molecule has 2 aromatic carbocycles. The molecule has 3 rings (SSSR count). The molecule has 1 aromatic heterocycles. The zero-order valence-corrected chi connectivity index (χ0v) is 14.8. The van der Waals surface area contributed by atoms with E-state index in [1.807, 2.05) is 61.5 Å². The Balaban J connectivity index is 1.98. The second-order valence-electron chi connectivity index (χ2n) is 5.66. The van der Waals surface area contributed by atoms with Gasteiger partial charge in [0.05, 0.1) is 5.69 Å². The van der Waals surface area contributed by atoms with Crippen molar-refractivity contribution in [1.29, 1.82) is 0 Å². The van der Waals surface area contributed by atoms with Crippen molar-refractivity contribution < 1.29 is 9.90 Å². The number of anilines is 3. The molecule has 0 fully saturated rings. The summed E-state index contributed by atoms with van der Waals surface area (Å²) in [7, 11) is 0. The number of rotatable bonds is 6. The van der Waals surface area contributed by atoms with Gasteiger partial charge < -0.3 is 15.7 Å². The van der Waals surface area contributed by atoms with Crippen LogP contribution in [0, 0.1) is 6.92 Å². The Kier molecular flexibility index (Phi) is 5.34. The van der Waals surface area contributed by atoms with E-state index >= 15 is 0 Å². The highest BCUT2D eigenvalue weighted by atomic mass is 35.5. The van der Waals surface area contributed by atoms with Crippen molar-refractivity contribution in [3.05, 3.63) is 65.2 Å². The van der Waals surface area contributed by atoms with E-state index in [-0.39, 0.29) is 12.5 Å². The summed E-state index contributed by atoms with van der Waals surface area (Å²) < 4.78 is 0. The number of aromatic nitrogens is 2. The maximum Gasteiger partial charge on any atom is 0.322 e. The molecule has 0 amide bonds. The van der Waals surface area contributed by atoms with Gasteiger partial charge in [-0.3, -0.25) is 4.79 Å². The van der Waals surface area contributed by atoms with Crippen LogP contribution in [-0.2, 0) is 4.79 Å². The van der Waals surface area contributed by atoms with Crippen molar-refractivity contribution in [2.45, 2.75) is 6.92 Å². The maximum atomic E-state index is 10.8. The summed E-state index contributed by atoms with van der Waals surface area (Å²) in [6.07, 6.45) is 0. The Morgan fingerprint density at radius 3 is 2.62 bits per heavy atom. The first kappa shape index (κ1) is 17.7. The molecule has 0 aliphatic carbocycles. The standard InChI is InChI=1S/C19H17ClN4O2/c1-12-7-8-14(20)9-15(12)22-17-10-16(13-5-3-2-4-6-13)23-19(24-17)21-11-18(25)26/h2-10H,11H2,1H3,(H,25,26)(H2,21,22,23,24). The Bertz CT molecular complexity index is 932.